The fourth-order valence-corrected chi connectivity index (χ4v) is 4.53. The third kappa shape index (κ3) is 5.98. The van der Waals surface area contributed by atoms with Crippen molar-refractivity contribution in [1.82, 2.24) is 5.32 Å². The van der Waals surface area contributed by atoms with Crippen LogP contribution in [0.15, 0.2) is 78.9 Å². The smallest absolute Gasteiger partial charge is 0.251 e. The summed E-state index contributed by atoms with van der Waals surface area (Å²) in [5.74, 6) is 0.0667. The van der Waals surface area contributed by atoms with Crippen molar-refractivity contribution < 1.29 is 13.2 Å². The standard InChI is InChI=1S/C26H30N2O3S/c1-4-22-10-8-9-13-25(22)28(32(3,30)31)19-21-14-16-24(17-15-21)26(29)27-18-20(2)23-11-6-5-7-12-23/h5-17,20H,4,18-19H2,1-3H3,(H,27,29). The van der Waals surface area contributed by atoms with E-state index < -0.39 is 10.0 Å². The fraction of sp³-hybridized carbons (Fsp3) is 0.269. The van der Waals surface area contributed by atoms with Crippen LogP contribution in [0.3, 0.4) is 0 Å². The van der Waals surface area contributed by atoms with Crippen LogP contribution < -0.4 is 9.62 Å². The van der Waals surface area contributed by atoms with Gasteiger partial charge in [0.05, 0.1) is 18.5 Å². The molecule has 3 aromatic rings. The Morgan fingerprint density at radius 1 is 0.938 bits per heavy atom. The highest BCUT2D eigenvalue weighted by Crippen LogP contribution is 2.25. The van der Waals surface area contributed by atoms with Crippen LogP contribution in [-0.4, -0.2) is 27.1 Å². The predicted octanol–water partition coefficient (Wildman–Crippen LogP) is 4.75. The minimum absolute atomic E-state index is 0.143. The first-order valence-corrected chi connectivity index (χ1v) is 12.6. The minimum Gasteiger partial charge on any atom is -0.351 e. The van der Waals surface area contributed by atoms with E-state index in [0.29, 0.717) is 17.8 Å². The van der Waals surface area contributed by atoms with E-state index in [1.54, 1.807) is 12.1 Å². The minimum atomic E-state index is -3.47. The Bertz CT molecular complexity index is 1140. The summed E-state index contributed by atoms with van der Waals surface area (Å²) < 4.78 is 26.4. The maximum absolute atomic E-state index is 12.6. The molecule has 0 fully saturated rings. The summed E-state index contributed by atoms with van der Waals surface area (Å²) in [5, 5.41) is 2.98. The Kier molecular flexibility index (Phi) is 7.70. The van der Waals surface area contributed by atoms with E-state index in [4.69, 9.17) is 0 Å². The average molecular weight is 451 g/mol. The number of aryl methyl sites for hydroxylation is 1. The van der Waals surface area contributed by atoms with Crippen molar-refractivity contribution in [2.45, 2.75) is 32.7 Å². The third-order valence-corrected chi connectivity index (χ3v) is 6.65. The molecule has 0 aliphatic rings. The molecule has 1 unspecified atom stereocenters. The molecule has 32 heavy (non-hydrogen) atoms. The average Bonchev–Trinajstić information content (AvgIpc) is 2.81. The lowest BCUT2D eigenvalue weighted by atomic mass is 10.0. The van der Waals surface area contributed by atoms with Crippen molar-refractivity contribution in [2.75, 3.05) is 17.1 Å². The van der Waals surface area contributed by atoms with Gasteiger partial charge in [-0.05, 0) is 47.2 Å². The molecule has 0 radical (unpaired) electrons. The van der Waals surface area contributed by atoms with E-state index in [9.17, 15) is 13.2 Å². The number of hydrogen-bond donors (Lipinski definition) is 1. The number of benzene rings is 3. The van der Waals surface area contributed by atoms with E-state index >= 15 is 0 Å². The number of nitrogens with one attached hydrogen (secondary N) is 1. The van der Waals surface area contributed by atoms with Crippen LogP contribution in [0, 0.1) is 0 Å². The van der Waals surface area contributed by atoms with Gasteiger partial charge < -0.3 is 5.32 Å². The van der Waals surface area contributed by atoms with Gasteiger partial charge in [0, 0.05) is 12.1 Å². The molecular weight excluding hydrogens is 420 g/mol. The molecule has 6 heteroatoms. The first-order valence-electron chi connectivity index (χ1n) is 10.8. The van der Waals surface area contributed by atoms with Crippen molar-refractivity contribution in [3.63, 3.8) is 0 Å². The Morgan fingerprint density at radius 2 is 1.56 bits per heavy atom. The van der Waals surface area contributed by atoms with Crippen molar-refractivity contribution in [2.24, 2.45) is 0 Å². The molecule has 0 aliphatic heterocycles. The van der Waals surface area contributed by atoms with E-state index in [1.165, 1.54) is 16.1 Å². The largest absolute Gasteiger partial charge is 0.351 e. The van der Waals surface area contributed by atoms with Crippen LogP contribution in [0.25, 0.3) is 0 Å². The van der Waals surface area contributed by atoms with Crippen LogP contribution in [0.5, 0.6) is 0 Å². The van der Waals surface area contributed by atoms with Gasteiger partial charge >= 0.3 is 0 Å². The first kappa shape index (κ1) is 23.5. The number of para-hydroxylation sites is 1. The lowest BCUT2D eigenvalue weighted by molar-refractivity contribution is 0.0951. The summed E-state index contributed by atoms with van der Waals surface area (Å²) in [6.07, 6.45) is 1.96. The zero-order chi connectivity index (χ0) is 23.1. The van der Waals surface area contributed by atoms with Gasteiger partial charge in [0.15, 0.2) is 0 Å². The molecular formula is C26H30N2O3S. The molecule has 3 rings (SSSR count). The topological polar surface area (TPSA) is 66.5 Å². The van der Waals surface area contributed by atoms with Crippen LogP contribution in [-0.2, 0) is 23.0 Å². The van der Waals surface area contributed by atoms with E-state index in [2.05, 4.69) is 24.4 Å². The highest BCUT2D eigenvalue weighted by molar-refractivity contribution is 7.92. The van der Waals surface area contributed by atoms with Gasteiger partial charge in [-0.2, -0.15) is 0 Å². The molecule has 5 nitrogen and oxygen atoms in total. The molecule has 0 spiro atoms. The zero-order valence-corrected chi connectivity index (χ0v) is 19.6. The summed E-state index contributed by atoms with van der Waals surface area (Å²) in [7, 11) is -3.47. The van der Waals surface area contributed by atoms with Gasteiger partial charge in [-0.3, -0.25) is 9.10 Å². The number of sulfonamides is 1. The van der Waals surface area contributed by atoms with Gasteiger partial charge in [0.2, 0.25) is 10.0 Å². The summed E-state index contributed by atoms with van der Waals surface area (Å²) in [6.45, 7) is 4.83. The highest BCUT2D eigenvalue weighted by Gasteiger charge is 2.20. The Balaban J connectivity index is 1.69. The molecule has 0 saturated carbocycles. The molecule has 168 valence electrons. The monoisotopic (exact) mass is 450 g/mol. The quantitative estimate of drug-likeness (QED) is 0.512. The molecule has 0 bridgehead atoms. The van der Waals surface area contributed by atoms with Gasteiger partial charge in [-0.1, -0.05) is 74.5 Å². The summed E-state index contributed by atoms with van der Waals surface area (Å²) >= 11 is 0. The molecule has 3 aromatic carbocycles. The number of nitrogens with zero attached hydrogens (tertiary/aromatic N) is 1. The van der Waals surface area contributed by atoms with Gasteiger partial charge in [0.25, 0.3) is 5.91 Å². The molecule has 0 aliphatic carbocycles. The molecule has 1 N–H and O–H groups in total. The third-order valence-electron chi connectivity index (χ3n) is 5.52. The van der Waals surface area contributed by atoms with Crippen molar-refractivity contribution in [3.8, 4) is 0 Å². The van der Waals surface area contributed by atoms with Crippen LogP contribution in [0.1, 0.15) is 46.8 Å². The first-order chi connectivity index (χ1) is 15.3. The highest BCUT2D eigenvalue weighted by atomic mass is 32.2. The summed E-state index contributed by atoms with van der Waals surface area (Å²) in [5.41, 5.74) is 4.21. The van der Waals surface area contributed by atoms with Crippen LogP contribution in [0.4, 0.5) is 5.69 Å². The molecule has 1 amide bonds. The van der Waals surface area contributed by atoms with Gasteiger partial charge in [-0.15, -0.1) is 0 Å². The lowest BCUT2D eigenvalue weighted by Gasteiger charge is -2.25. The van der Waals surface area contributed by atoms with Crippen molar-refractivity contribution in [1.29, 1.82) is 0 Å². The second-order valence-electron chi connectivity index (χ2n) is 7.97. The van der Waals surface area contributed by atoms with E-state index in [0.717, 1.165) is 17.5 Å². The number of rotatable bonds is 9. The second kappa shape index (κ2) is 10.5. The number of carbonyl (C=O) groups excluding carboxylic acids is 1. The van der Waals surface area contributed by atoms with Crippen LogP contribution in [0.2, 0.25) is 0 Å². The molecule has 1 atom stereocenters. The fourth-order valence-electron chi connectivity index (χ4n) is 3.61. The van der Waals surface area contributed by atoms with Gasteiger partial charge in [0.1, 0.15) is 0 Å². The van der Waals surface area contributed by atoms with E-state index in [-0.39, 0.29) is 18.4 Å². The number of hydrogen-bond acceptors (Lipinski definition) is 3. The van der Waals surface area contributed by atoms with Gasteiger partial charge in [-0.25, -0.2) is 8.42 Å². The van der Waals surface area contributed by atoms with Crippen molar-refractivity contribution in [3.05, 3.63) is 101 Å². The molecule has 0 aromatic heterocycles. The second-order valence-corrected chi connectivity index (χ2v) is 9.88. The lowest BCUT2D eigenvalue weighted by Crippen LogP contribution is -2.30. The number of amides is 1. The molecule has 0 heterocycles. The van der Waals surface area contributed by atoms with E-state index in [1.807, 2.05) is 61.5 Å². The Labute approximate surface area is 191 Å². The SMILES string of the molecule is CCc1ccccc1N(Cc1ccc(C(=O)NCC(C)c2ccccc2)cc1)S(C)(=O)=O. The number of anilines is 1. The summed E-state index contributed by atoms with van der Waals surface area (Å²) in [6, 6.07) is 24.7. The number of carbonyl (C=O) groups is 1. The summed E-state index contributed by atoms with van der Waals surface area (Å²) in [4.78, 5) is 12.6. The Hall–Kier alpha value is -3.12. The Morgan fingerprint density at radius 3 is 2.19 bits per heavy atom. The molecule has 0 saturated heterocycles. The zero-order valence-electron chi connectivity index (χ0n) is 18.8. The predicted molar refractivity (Wildman–Crippen MR) is 130 cm³/mol. The van der Waals surface area contributed by atoms with Crippen molar-refractivity contribution >= 4 is 21.6 Å². The normalized spacial score (nSPS) is 12.2. The maximum atomic E-state index is 12.6. The maximum Gasteiger partial charge on any atom is 0.251 e. The van der Waals surface area contributed by atoms with Crippen LogP contribution >= 0.6 is 0 Å².